The van der Waals surface area contributed by atoms with Crippen molar-refractivity contribution in [3.63, 3.8) is 0 Å². The number of nitrogens with zero attached hydrogens (tertiary/aromatic N) is 2. The summed E-state index contributed by atoms with van der Waals surface area (Å²) >= 11 is 6.43. The molecule has 1 N–H and O–H groups in total. The van der Waals surface area contributed by atoms with Gasteiger partial charge in [-0.05, 0) is 54.8 Å². The van der Waals surface area contributed by atoms with E-state index >= 15 is 0 Å². The summed E-state index contributed by atoms with van der Waals surface area (Å²) < 4.78 is 33.9. The van der Waals surface area contributed by atoms with Crippen molar-refractivity contribution in [2.24, 2.45) is 0 Å². The van der Waals surface area contributed by atoms with Crippen LogP contribution in [0.2, 0.25) is 5.02 Å². The molecule has 10 heteroatoms. The van der Waals surface area contributed by atoms with Crippen LogP contribution < -0.4 is 14.4 Å². The highest BCUT2D eigenvalue weighted by molar-refractivity contribution is 7.92. The number of carbonyl (C=O) groups excluding carboxylic acids is 2. The van der Waals surface area contributed by atoms with E-state index in [2.05, 4.69) is 5.32 Å². The van der Waals surface area contributed by atoms with Crippen LogP contribution in [0.1, 0.15) is 32.3 Å². The van der Waals surface area contributed by atoms with E-state index in [1.165, 1.54) is 17.0 Å². The van der Waals surface area contributed by atoms with E-state index in [1.807, 2.05) is 19.9 Å². The van der Waals surface area contributed by atoms with Crippen molar-refractivity contribution >= 4 is 39.1 Å². The molecule has 8 nitrogen and oxygen atoms in total. The first-order valence-electron chi connectivity index (χ1n) is 12.7. The van der Waals surface area contributed by atoms with Gasteiger partial charge in [0.15, 0.2) is 0 Å². The van der Waals surface area contributed by atoms with Crippen molar-refractivity contribution < 1.29 is 22.7 Å². The molecule has 2 amide bonds. The zero-order valence-corrected chi connectivity index (χ0v) is 23.9. The highest BCUT2D eigenvalue weighted by atomic mass is 35.5. The first-order chi connectivity index (χ1) is 18.7. The molecule has 0 aliphatic carbocycles. The molecule has 0 aliphatic rings. The summed E-state index contributed by atoms with van der Waals surface area (Å²) in [6, 6.07) is 20.7. The lowest BCUT2D eigenvalue weighted by atomic mass is 10.1. The Labute approximate surface area is 235 Å². The van der Waals surface area contributed by atoms with Crippen LogP contribution in [0.25, 0.3) is 0 Å². The lowest BCUT2D eigenvalue weighted by Crippen LogP contribution is -2.52. The van der Waals surface area contributed by atoms with Crippen LogP contribution in [0.3, 0.4) is 0 Å². The zero-order valence-electron chi connectivity index (χ0n) is 22.3. The number of nitrogens with one attached hydrogen (secondary N) is 1. The van der Waals surface area contributed by atoms with Crippen molar-refractivity contribution in [2.75, 3.05) is 24.5 Å². The van der Waals surface area contributed by atoms with Gasteiger partial charge in [-0.15, -0.1) is 0 Å². The Bertz CT molecular complexity index is 1370. The van der Waals surface area contributed by atoms with E-state index in [1.54, 1.807) is 67.8 Å². The van der Waals surface area contributed by atoms with Crippen LogP contribution in [0.4, 0.5) is 5.69 Å². The quantitative estimate of drug-likeness (QED) is 0.315. The number of benzene rings is 3. The largest absolute Gasteiger partial charge is 0.497 e. The highest BCUT2D eigenvalue weighted by Gasteiger charge is 2.34. The van der Waals surface area contributed by atoms with E-state index < -0.39 is 28.5 Å². The van der Waals surface area contributed by atoms with Crippen LogP contribution in [0, 0.1) is 0 Å². The van der Waals surface area contributed by atoms with Gasteiger partial charge < -0.3 is 15.0 Å². The molecular weight excluding hydrogens is 538 g/mol. The van der Waals surface area contributed by atoms with Crippen LogP contribution >= 0.6 is 11.6 Å². The maximum Gasteiger partial charge on any atom is 0.264 e. The minimum absolute atomic E-state index is 0.0183. The van der Waals surface area contributed by atoms with Crippen LogP contribution in [0.15, 0.2) is 83.8 Å². The second-order valence-corrected chi connectivity index (χ2v) is 11.1. The van der Waals surface area contributed by atoms with Crippen molar-refractivity contribution in [2.45, 2.75) is 44.2 Å². The number of halogens is 1. The molecule has 1 atom stereocenters. The van der Waals surface area contributed by atoms with E-state index in [-0.39, 0.29) is 28.1 Å². The molecule has 0 bridgehead atoms. The molecule has 0 saturated carbocycles. The minimum atomic E-state index is -4.17. The molecule has 3 aromatic carbocycles. The number of para-hydroxylation sites is 1. The van der Waals surface area contributed by atoms with Crippen LogP contribution in [0.5, 0.6) is 5.75 Å². The Morgan fingerprint density at radius 3 is 2.31 bits per heavy atom. The number of sulfonamides is 1. The predicted molar refractivity (Wildman–Crippen MR) is 153 cm³/mol. The fraction of sp³-hybridized carbons (Fsp3) is 0.310. The third-order valence-corrected chi connectivity index (χ3v) is 8.25. The van der Waals surface area contributed by atoms with E-state index in [9.17, 15) is 18.0 Å². The first-order valence-corrected chi connectivity index (χ1v) is 14.6. The third-order valence-electron chi connectivity index (χ3n) is 6.15. The van der Waals surface area contributed by atoms with E-state index in [0.29, 0.717) is 18.7 Å². The summed E-state index contributed by atoms with van der Waals surface area (Å²) in [4.78, 5) is 28.6. The maximum atomic E-state index is 14.0. The zero-order chi connectivity index (χ0) is 28.4. The molecule has 39 heavy (non-hydrogen) atoms. The minimum Gasteiger partial charge on any atom is -0.497 e. The van der Waals surface area contributed by atoms with Gasteiger partial charge in [-0.3, -0.25) is 13.9 Å². The summed E-state index contributed by atoms with van der Waals surface area (Å²) in [6.45, 7) is 3.74. The van der Waals surface area contributed by atoms with E-state index in [0.717, 1.165) is 16.3 Å². The summed E-state index contributed by atoms with van der Waals surface area (Å²) in [5, 5.41) is 3.04. The Balaban J connectivity index is 2.06. The van der Waals surface area contributed by atoms with Gasteiger partial charge in [-0.25, -0.2) is 8.42 Å². The maximum absolute atomic E-state index is 14.0. The lowest BCUT2D eigenvalue weighted by molar-refractivity contribution is -0.140. The van der Waals surface area contributed by atoms with Gasteiger partial charge in [0.1, 0.15) is 18.3 Å². The smallest absolute Gasteiger partial charge is 0.264 e. The second kappa shape index (κ2) is 14.0. The number of ether oxygens (including phenoxy) is 1. The molecule has 208 valence electrons. The molecular formula is C29H34ClN3O5S. The summed E-state index contributed by atoms with van der Waals surface area (Å²) in [5.74, 6) is -0.241. The van der Waals surface area contributed by atoms with Gasteiger partial charge in [-0.1, -0.05) is 67.9 Å². The number of hydrogen-bond acceptors (Lipinski definition) is 5. The van der Waals surface area contributed by atoms with Crippen molar-refractivity contribution in [3.05, 3.63) is 89.4 Å². The summed E-state index contributed by atoms with van der Waals surface area (Å²) in [6.07, 6.45) is 1.07. The Morgan fingerprint density at radius 1 is 0.974 bits per heavy atom. The fourth-order valence-electron chi connectivity index (χ4n) is 4.14. The molecule has 0 radical (unpaired) electrons. The highest BCUT2D eigenvalue weighted by Crippen LogP contribution is 2.31. The molecule has 0 heterocycles. The van der Waals surface area contributed by atoms with E-state index in [4.69, 9.17) is 16.3 Å². The molecule has 3 rings (SSSR count). The number of carbonyl (C=O) groups is 2. The number of anilines is 1. The molecule has 0 spiro atoms. The molecule has 0 aromatic heterocycles. The molecule has 1 unspecified atom stereocenters. The number of amides is 2. The van der Waals surface area contributed by atoms with Gasteiger partial charge in [0, 0.05) is 13.1 Å². The Kier molecular flexibility index (Phi) is 10.8. The summed E-state index contributed by atoms with van der Waals surface area (Å²) in [5.41, 5.74) is 0.904. The topological polar surface area (TPSA) is 96.0 Å². The lowest BCUT2D eigenvalue weighted by Gasteiger charge is -2.33. The average molecular weight is 572 g/mol. The second-order valence-electron chi connectivity index (χ2n) is 8.86. The number of hydrogen-bond donors (Lipinski definition) is 1. The molecule has 0 fully saturated rings. The van der Waals surface area contributed by atoms with Crippen LogP contribution in [-0.4, -0.2) is 51.4 Å². The normalized spacial score (nSPS) is 11.9. The van der Waals surface area contributed by atoms with Crippen molar-refractivity contribution in [3.8, 4) is 5.75 Å². The molecule has 0 aliphatic heterocycles. The van der Waals surface area contributed by atoms with Gasteiger partial charge in [-0.2, -0.15) is 0 Å². The van der Waals surface area contributed by atoms with Gasteiger partial charge in [0.25, 0.3) is 10.0 Å². The number of rotatable bonds is 13. The van der Waals surface area contributed by atoms with Crippen molar-refractivity contribution in [1.29, 1.82) is 0 Å². The van der Waals surface area contributed by atoms with Gasteiger partial charge in [0.2, 0.25) is 11.8 Å². The predicted octanol–water partition coefficient (Wildman–Crippen LogP) is 4.88. The fourth-order valence-corrected chi connectivity index (χ4v) is 5.88. The van der Waals surface area contributed by atoms with Crippen molar-refractivity contribution in [1.82, 2.24) is 10.2 Å². The SMILES string of the molecule is CCCNC(=O)C(CC)N(Cc1cccc(OC)c1)C(=O)CN(c1ccccc1Cl)S(=O)(=O)c1ccccc1. The Morgan fingerprint density at radius 2 is 1.67 bits per heavy atom. The first kappa shape index (κ1) is 30.0. The monoisotopic (exact) mass is 571 g/mol. The van der Waals surface area contributed by atoms with Crippen LogP contribution in [-0.2, 0) is 26.2 Å². The third kappa shape index (κ3) is 7.52. The summed E-state index contributed by atoms with van der Waals surface area (Å²) in [7, 11) is -2.63. The molecule has 0 saturated heterocycles. The molecule has 3 aromatic rings. The average Bonchev–Trinajstić information content (AvgIpc) is 2.95. The standard InChI is InChI=1S/C29H34ClN3O5S/c1-4-18-31-29(35)26(5-2)32(20-22-12-11-13-23(19-22)38-3)28(34)21-33(27-17-10-9-16-25(27)30)39(36,37)24-14-7-6-8-15-24/h6-17,19,26H,4-5,18,20-21H2,1-3H3,(H,31,35). The van der Waals surface area contributed by atoms with Gasteiger partial charge in [0.05, 0.1) is 22.7 Å². The van der Waals surface area contributed by atoms with Gasteiger partial charge >= 0.3 is 0 Å². The number of methoxy groups -OCH3 is 1. The Hall–Kier alpha value is -3.56.